The minimum Gasteiger partial charge on any atom is -0.493 e. The van der Waals surface area contributed by atoms with E-state index < -0.39 is 29.0 Å². The smallest absolute Gasteiger partial charge is 0.307 e. The number of carboxylic acids is 1. The maximum atomic E-state index is 12.8. The molecule has 1 aliphatic heterocycles. The SMILES string of the molecule is COc1cc([C@@H]2c3cc4c(cc3[C@@H](Sc3ncn[nH]3)[C@@H](CO)[C@@H]2C(=O)O)OCO4)cc(OC)c1OC. The molecule has 1 aromatic heterocycles. The molecule has 1 aliphatic carbocycles. The van der Waals surface area contributed by atoms with Gasteiger partial charge in [0.2, 0.25) is 12.5 Å². The number of nitrogens with zero attached hydrogens (tertiary/aromatic N) is 2. The van der Waals surface area contributed by atoms with Crippen LogP contribution in [0.2, 0.25) is 0 Å². The van der Waals surface area contributed by atoms with Crippen molar-refractivity contribution >= 4 is 17.7 Å². The molecule has 0 unspecified atom stereocenters. The molecular weight excluding hydrogens is 490 g/mol. The predicted molar refractivity (Wildman–Crippen MR) is 127 cm³/mol. The van der Waals surface area contributed by atoms with Crippen LogP contribution in [0, 0.1) is 11.8 Å². The van der Waals surface area contributed by atoms with Crippen molar-refractivity contribution in [3.05, 3.63) is 47.3 Å². The number of nitrogens with one attached hydrogen (secondary N) is 1. The molecule has 190 valence electrons. The summed E-state index contributed by atoms with van der Waals surface area (Å²) in [5.74, 6) is -1.08. The molecule has 0 bridgehead atoms. The molecule has 2 aliphatic rings. The number of H-pyrrole nitrogens is 1. The van der Waals surface area contributed by atoms with Crippen molar-refractivity contribution in [3.63, 3.8) is 0 Å². The summed E-state index contributed by atoms with van der Waals surface area (Å²) in [7, 11) is 4.51. The normalized spacial score (nSPS) is 22.1. The van der Waals surface area contributed by atoms with E-state index in [1.165, 1.54) is 39.4 Å². The topological polar surface area (TPSA) is 145 Å². The van der Waals surface area contributed by atoms with Crippen LogP contribution in [0.5, 0.6) is 28.7 Å². The maximum absolute atomic E-state index is 12.8. The lowest BCUT2D eigenvalue weighted by Gasteiger charge is -2.41. The third-order valence-corrected chi connectivity index (χ3v) is 7.88. The quantitative estimate of drug-likeness (QED) is 0.407. The van der Waals surface area contributed by atoms with Crippen LogP contribution < -0.4 is 23.7 Å². The molecule has 36 heavy (non-hydrogen) atoms. The van der Waals surface area contributed by atoms with E-state index in [1.54, 1.807) is 12.1 Å². The van der Waals surface area contributed by atoms with Crippen LogP contribution in [0.1, 0.15) is 27.9 Å². The van der Waals surface area contributed by atoms with Gasteiger partial charge in [0.15, 0.2) is 28.2 Å². The molecule has 4 atom stereocenters. The molecular formula is C24H25N3O8S. The first-order valence-electron chi connectivity index (χ1n) is 11.1. The van der Waals surface area contributed by atoms with Gasteiger partial charge in [0.05, 0.1) is 27.2 Å². The van der Waals surface area contributed by atoms with Gasteiger partial charge in [0.25, 0.3) is 0 Å². The highest BCUT2D eigenvalue weighted by Gasteiger charge is 2.48. The Labute approximate surface area is 210 Å². The number of fused-ring (bicyclic) bond motifs is 2. The number of hydrogen-bond donors (Lipinski definition) is 3. The van der Waals surface area contributed by atoms with E-state index in [9.17, 15) is 15.0 Å². The molecule has 5 rings (SSSR count). The zero-order valence-electron chi connectivity index (χ0n) is 19.8. The Bertz CT molecular complexity index is 1240. The molecule has 0 saturated heterocycles. The summed E-state index contributed by atoms with van der Waals surface area (Å²) >= 11 is 1.31. The summed E-state index contributed by atoms with van der Waals surface area (Å²) in [6, 6.07) is 7.17. The lowest BCUT2D eigenvalue weighted by atomic mass is 9.66. The Morgan fingerprint density at radius 2 is 1.75 bits per heavy atom. The van der Waals surface area contributed by atoms with Gasteiger partial charge < -0.3 is 33.9 Å². The fraction of sp³-hybridized carbons (Fsp3) is 0.375. The fourth-order valence-electron chi connectivity index (χ4n) is 5.07. The number of benzene rings is 2. The average molecular weight is 516 g/mol. The Kier molecular flexibility index (Phi) is 6.54. The second kappa shape index (κ2) is 9.78. The van der Waals surface area contributed by atoms with Gasteiger partial charge in [-0.15, -0.1) is 0 Å². The van der Waals surface area contributed by atoms with E-state index in [2.05, 4.69) is 15.2 Å². The predicted octanol–water partition coefficient (Wildman–Crippen LogP) is 2.85. The van der Waals surface area contributed by atoms with Crippen molar-refractivity contribution in [3.8, 4) is 28.7 Å². The van der Waals surface area contributed by atoms with E-state index in [1.807, 2.05) is 12.1 Å². The van der Waals surface area contributed by atoms with Crippen LogP contribution >= 0.6 is 11.8 Å². The van der Waals surface area contributed by atoms with Crippen molar-refractivity contribution in [2.75, 3.05) is 34.7 Å². The van der Waals surface area contributed by atoms with Crippen LogP contribution in [0.4, 0.5) is 0 Å². The number of rotatable bonds is 8. The Hall–Kier alpha value is -3.64. The van der Waals surface area contributed by atoms with Gasteiger partial charge in [-0.05, 0) is 41.0 Å². The van der Waals surface area contributed by atoms with Crippen LogP contribution in [-0.2, 0) is 4.79 Å². The number of hydrogen-bond acceptors (Lipinski definition) is 10. The molecule has 11 nitrogen and oxygen atoms in total. The van der Waals surface area contributed by atoms with Gasteiger partial charge in [-0.1, -0.05) is 11.8 Å². The van der Waals surface area contributed by atoms with Crippen LogP contribution in [0.15, 0.2) is 35.7 Å². The van der Waals surface area contributed by atoms with Crippen molar-refractivity contribution < 1.29 is 38.7 Å². The molecule has 0 radical (unpaired) electrons. The van der Waals surface area contributed by atoms with Crippen LogP contribution in [0.25, 0.3) is 0 Å². The fourth-order valence-corrected chi connectivity index (χ4v) is 6.29. The third-order valence-electron chi connectivity index (χ3n) is 6.60. The summed E-state index contributed by atoms with van der Waals surface area (Å²) in [4.78, 5) is 17.0. The van der Waals surface area contributed by atoms with E-state index in [0.717, 1.165) is 11.1 Å². The Morgan fingerprint density at radius 3 is 2.28 bits per heavy atom. The molecule has 2 heterocycles. The summed E-state index contributed by atoms with van der Waals surface area (Å²) in [6.45, 7) is -0.295. The highest BCUT2D eigenvalue weighted by atomic mass is 32.2. The first-order chi connectivity index (χ1) is 17.5. The van der Waals surface area contributed by atoms with Crippen molar-refractivity contribution in [1.29, 1.82) is 0 Å². The lowest BCUT2D eigenvalue weighted by molar-refractivity contribution is -0.145. The summed E-state index contributed by atoms with van der Waals surface area (Å²) in [5.41, 5.74) is 2.19. The van der Waals surface area contributed by atoms with Gasteiger partial charge in [-0.25, -0.2) is 4.98 Å². The van der Waals surface area contributed by atoms with Gasteiger partial charge in [-0.2, -0.15) is 5.10 Å². The van der Waals surface area contributed by atoms with Gasteiger partial charge in [0, 0.05) is 23.7 Å². The minimum absolute atomic E-state index is 0.0682. The number of aliphatic hydroxyl groups excluding tert-OH is 1. The summed E-state index contributed by atoms with van der Waals surface area (Å²) in [6.07, 6.45) is 1.38. The second-order valence-corrected chi connectivity index (χ2v) is 9.44. The highest BCUT2D eigenvalue weighted by Crippen LogP contribution is 2.57. The number of methoxy groups -OCH3 is 3. The number of aromatic amines is 1. The second-order valence-electron chi connectivity index (χ2n) is 8.31. The molecule has 0 amide bonds. The van der Waals surface area contributed by atoms with E-state index in [4.69, 9.17) is 23.7 Å². The number of aromatic nitrogens is 3. The molecule has 0 saturated carbocycles. The minimum atomic E-state index is -1.04. The molecule has 3 aromatic rings. The van der Waals surface area contributed by atoms with Crippen molar-refractivity contribution in [1.82, 2.24) is 15.2 Å². The zero-order chi connectivity index (χ0) is 25.4. The Morgan fingerprint density at radius 1 is 1.08 bits per heavy atom. The van der Waals surface area contributed by atoms with Crippen LogP contribution in [-0.4, -0.2) is 66.1 Å². The maximum Gasteiger partial charge on any atom is 0.307 e. The number of thioether (sulfide) groups is 1. The summed E-state index contributed by atoms with van der Waals surface area (Å²) < 4.78 is 27.8. The molecule has 3 N–H and O–H groups in total. The monoisotopic (exact) mass is 515 g/mol. The zero-order valence-corrected chi connectivity index (χ0v) is 20.6. The van der Waals surface area contributed by atoms with E-state index in [-0.39, 0.29) is 13.4 Å². The third kappa shape index (κ3) is 3.95. The van der Waals surface area contributed by atoms with Gasteiger partial charge in [-0.3, -0.25) is 9.89 Å². The average Bonchev–Trinajstić information content (AvgIpc) is 3.57. The number of aliphatic carboxylic acids is 1. The van der Waals surface area contributed by atoms with Crippen molar-refractivity contribution in [2.45, 2.75) is 16.3 Å². The number of carboxylic acid groups (broad SMARTS) is 1. The number of ether oxygens (including phenoxy) is 5. The molecule has 2 aromatic carbocycles. The van der Waals surface area contributed by atoms with Gasteiger partial charge in [0.1, 0.15) is 6.33 Å². The first-order valence-corrected chi connectivity index (χ1v) is 12.0. The van der Waals surface area contributed by atoms with E-state index >= 15 is 0 Å². The highest BCUT2D eigenvalue weighted by molar-refractivity contribution is 7.99. The number of aliphatic hydroxyl groups is 1. The summed E-state index contributed by atoms with van der Waals surface area (Å²) in [5, 5.41) is 27.8. The van der Waals surface area contributed by atoms with Gasteiger partial charge >= 0.3 is 5.97 Å². The van der Waals surface area contributed by atoms with Crippen molar-refractivity contribution in [2.24, 2.45) is 11.8 Å². The first kappa shape index (κ1) is 24.1. The largest absolute Gasteiger partial charge is 0.493 e. The number of carbonyl (C=O) groups is 1. The van der Waals surface area contributed by atoms with E-state index in [0.29, 0.717) is 39.5 Å². The molecule has 12 heteroatoms. The Balaban J connectivity index is 1.75. The molecule has 0 spiro atoms. The molecule has 0 fully saturated rings. The lowest BCUT2D eigenvalue weighted by Crippen LogP contribution is -2.39. The van der Waals surface area contributed by atoms with Crippen LogP contribution in [0.3, 0.4) is 0 Å². The standard InChI is InChI=1S/C24H25N3O8S/c1-31-17-4-11(5-18(32-2)21(17)33-3)19-12-6-15-16(35-10-34-15)7-13(12)22(36-24-25-9-26-27-24)14(8-28)20(19)23(29)30/h4-7,9,14,19-20,22,28H,8,10H2,1-3H3,(H,29,30)(H,25,26,27)/t14-,19+,20-,22+/m0/s1.